The van der Waals surface area contributed by atoms with Crippen molar-refractivity contribution in [3.8, 4) is 0 Å². The Morgan fingerprint density at radius 3 is 2.81 bits per heavy atom. The van der Waals surface area contributed by atoms with Crippen molar-refractivity contribution in [2.75, 3.05) is 0 Å². The highest BCUT2D eigenvalue weighted by molar-refractivity contribution is 9.10. The third-order valence-electron chi connectivity index (χ3n) is 2.91. The average Bonchev–Trinajstić information content (AvgIpc) is 2.85. The minimum absolute atomic E-state index is 0.0278. The maximum atomic E-state index is 11.8. The highest BCUT2D eigenvalue weighted by atomic mass is 79.9. The quantitative estimate of drug-likeness (QED) is 0.629. The Bertz CT molecular complexity index is 453. The first kappa shape index (κ1) is 11.6. The summed E-state index contributed by atoms with van der Waals surface area (Å²) in [5.41, 5.74) is 0.405. The molecule has 1 fully saturated rings. The molecule has 0 aromatic heterocycles. The van der Waals surface area contributed by atoms with Gasteiger partial charge in [-0.05, 0) is 37.6 Å². The van der Waals surface area contributed by atoms with Crippen molar-refractivity contribution in [1.29, 1.82) is 0 Å². The van der Waals surface area contributed by atoms with Crippen molar-refractivity contribution in [3.63, 3.8) is 0 Å². The smallest absolute Gasteiger partial charge is 0.189 e. The van der Waals surface area contributed by atoms with Crippen molar-refractivity contribution in [1.82, 2.24) is 0 Å². The lowest BCUT2D eigenvalue weighted by molar-refractivity contribution is -0.118. The van der Waals surface area contributed by atoms with E-state index in [0.29, 0.717) is 0 Å². The molecule has 0 aliphatic carbocycles. The van der Waals surface area contributed by atoms with Gasteiger partial charge in [0.25, 0.3) is 0 Å². The van der Waals surface area contributed by atoms with E-state index in [-0.39, 0.29) is 11.9 Å². The first-order valence-corrected chi connectivity index (χ1v) is 5.97. The van der Waals surface area contributed by atoms with Gasteiger partial charge in [0.1, 0.15) is 0 Å². The lowest BCUT2D eigenvalue weighted by Gasteiger charge is -1.99. The maximum Gasteiger partial charge on any atom is 0.189 e. The summed E-state index contributed by atoms with van der Waals surface area (Å²) in [5, 5.41) is 0. The molecule has 84 valence electrons. The van der Waals surface area contributed by atoms with Crippen molar-refractivity contribution in [3.05, 3.63) is 40.4 Å². The van der Waals surface area contributed by atoms with Gasteiger partial charge in [-0.2, -0.15) is 0 Å². The molecule has 0 N–H and O–H groups in total. The molecule has 1 aliphatic rings. The second-order valence-corrected chi connectivity index (χ2v) is 5.04. The van der Waals surface area contributed by atoms with E-state index in [4.69, 9.17) is 4.74 Å². The Hall–Kier alpha value is -0.930. The first-order chi connectivity index (χ1) is 7.52. The van der Waals surface area contributed by atoms with Crippen LogP contribution in [0.2, 0.25) is 0 Å². The standard InChI is InChI=1S/C13H13BrO2/c1-9-13(2,16-9)12(15)7-6-10-4-3-5-11(14)8-10/h3-9H,1-2H3/b7-6+/t9-,13+/m1/s1. The monoisotopic (exact) mass is 280 g/mol. The Kier molecular flexibility index (Phi) is 3.00. The van der Waals surface area contributed by atoms with E-state index in [2.05, 4.69) is 15.9 Å². The Morgan fingerprint density at radius 2 is 2.25 bits per heavy atom. The van der Waals surface area contributed by atoms with Crippen molar-refractivity contribution >= 4 is 27.8 Å². The van der Waals surface area contributed by atoms with Crippen LogP contribution in [0.4, 0.5) is 0 Å². The van der Waals surface area contributed by atoms with E-state index in [0.717, 1.165) is 10.0 Å². The van der Waals surface area contributed by atoms with Gasteiger partial charge >= 0.3 is 0 Å². The maximum absolute atomic E-state index is 11.8. The average molecular weight is 281 g/mol. The zero-order valence-electron chi connectivity index (χ0n) is 9.24. The van der Waals surface area contributed by atoms with Gasteiger partial charge in [0.15, 0.2) is 11.4 Å². The van der Waals surface area contributed by atoms with Gasteiger partial charge in [-0.25, -0.2) is 0 Å². The largest absolute Gasteiger partial charge is 0.358 e. The summed E-state index contributed by atoms with van der Waals surface area (Å²) < 4.78 is 6.27. The molecule has 1 aromatic carbocycles. The molecular formula is C13H13BrO2. The minimum Gasteiger partial charge on any atom is -0.358 e. The highest BCUT2D eigenvalue weighted by Gasteiger charge is 2.54. The predicted molar refractivity (Wildman–Crippen MR) is 67.1 cm³/mol. The highest BCUT2D eigenvalue weighted by Crippen LogP contribution is 2.36. The van der Waals surface area contributed by atoms with Crippen molar-refractivity contribution in [2.24, 2.45) is 0 Å². The molecule has 0 unspecified atom stereocenters. The van der Waals surface area contributed by atoms with E-state index in [9.17, 15) is 4.79 Å². The molecule has 1 saturated heterocycles. The molecule has 3 heteroatoms. The minimum atomic E-state index is -0.595. The summed E-state index contributed by atoms with van der Waals surface area (Å²) >= 11 is 3.39. The van der Waals surface area contributed by atoms with Crippen LogP contribution >= 0.6 is 15.9 Å². The van der Waals surface area contributed by atoms with Gasteiger partial charge in [0.05, 0.1) is 6.10 Å². The molecule has 0 amide bonds. The number of carbonyl (C=O) groups excluding carboxylic acids is 1. The molecule has 16 heavy (non-hydrogen) atoms. The van der Waals surface area contributed by atoms with Gasteiger partial charge in [-0.15, -0.1) is 0 Å². The van der Waals surface area contributed by atoms with Crippen LogP contribution in [0.25, 0.3) is 6.08 Å². The number of halogens is 1. The number of hydrogen-bond donors (Lipinski definition) is 0. The zero-order chi connectivity index (χ0) is 11.8. The van der Waals surface area contributed by atoms with Gasteiger partial charge < -0.3 is 4.74 Å². The molecule has 2 atom stereocenters. The molecule has 0 radical (unpaired) electrons. The Morgan fingerprint density at radius 1 is 1.56 bits per heavy atom. The number of benzene rings is 1. The van der Waals surface area contributed by atoms with Gasteiger partial charge in [-0.1, -0.05) is 34.1 Å². The van der Waals surface area contributed by atoms with Crippen LogP contribution in [0.15, 0.2) is 34.8 Å². The fraction of sp³-hybridized carbons (Fsp3) is 0.308. The summed E-state index contributed by atoms with van der Waals surface area (Å²) in [4.78, 5) is 11.8. The summed E-state index contributed by atoms with van der Waals surface area (Å²) in [7, 11) is 0. The topological polar surface area (TPSA) is 29.6 Å². The van der Waals surface area contributed by atoms with E-state index < -0.39 is 5.60 Å². The second kappa shape index (κ2) is 4.15. The molecule has 2 rings (SSSR count). The fourth-order valence-electron chi connectivity index (χ4n) is 1.54. The molecule has 1 heterocycles. The molecule has 0 spiro atoms. The summed E-state index contributed by atoms with van der Waals surface area (Å²) in [6.45, 7) is 3.73. The number of rotatable bonds is 3. The van der Waals surface area contributed by atoms with Gasteiger partial charge in [0.2, 0.25) is 0 Å². The molecule has 0 bridgehead atoms. The Balaban J connectivity index is 2.08. The van der Waals surface area contributed by atoms with Crippen LogP contribution in [-0.2, 0) is 9.53 Å². The molecule has 1 aromatic rings. The van der Waals surface area contributed by atoms with E-state index in [1.807, 2.05) is 44.2 Å². The van der Waals surface area contributed by atoms with Crippen LogP contribution < -0.4 is 0 Å². The normalized spacial score (nSPS) is 28.3. The Labute approximate surface area is 103 Å². The zero-order valence-corrected chi connectivity index (χ0v) is 10.8. The summed E-state index contributed by atoms with van der Waals surface area (Å²) in [6, 6.07) is 7.80. The van der Waals surface area contributed by atoms with E-state index in [1.165, 1.54) is 0 Å². The number of hydrogen-bond acceptors (Lipinski definition) is 2. The van der Waals surface area contributed by atoms with Crippen molar-refractivity contribution < 1.29 is 9.53 Å². The summed E-state index contributed by atoms with van der Waals surface area (Å²) in [5.74, 6) is 0.0278. The van der Waals surface area contributed by atoms with E-state index in [1.54, 1.807) is 6.08 Å². The van der Waals surface area contributed by atoms with Crippen LogP contribution in [0.3, 0.4) is 0 Å². The third kappa shape index (κ3) is 2.25. The number of epoxide rings is 1. The lowest BCUT2D eigenvalue weighted by atomic mass is 10.0. The SMILES string of the molecule is C[C@H]1O[C@]1(C)C(=O)/C=C/c1cccc(Br)c1. The van der Waals surface area contributed by atoms with Crippen LogP contribution in [0.1, 0.15) is 19.4 Å². The fourth-order valence-corrected chi connectivity index (χ4v) is 1.96. The molecule has 0 saturated carbocycles. The third-order valence-corrected chi connectivity index (χ3v) is 3.40. The molecular weight excluding hydrogens is 268 g/mol. The van der Waals surface area contributed by atoms with Gasteiger partial charge in [0, 0.05) is 4.47 Å². The van der Waals surface area contributed by atoms with Crippen LogP contribution in [-0.4, -0.2) is 17.5 Å². The first-order valence-electron chi connectivity index (χ1n) is 5.18. The van der Waals surface area contributed by atoms with Crippen LogP contribution in [0.5, 0.6) is 0 Å². The second-order valence-electron chi connectivity index (χ2n) is 4.12. The predicted octanol–water partition coefficient (Wildman–Crippen LogP) is 3.21. The number of carbonyl (C=O) groups is 1. The van der Waals surface area contributed by atoms with Gasteiger partial charge in [-0.3, -0.25) is 4.79 Å². The van der Waals surface area contributed by atoms with Crippen LogP contribution in [0, 0.1) is 0 Å². The van der Waals surface area contributed by atoms with E-state index >= 15 is 0 Å². The lowest BCUT2D eigenvalue weighted by Crippen LogP contribution is -2.20. The summed E-state index contributed by atoms with van der Waals surface area (Å²) in [6.07, 6.45) is 3.44. The van der Waals surface area contributed by atoms with Crippen molar-refractivity contribution in [2.45, 2.75) is 25.6 Å². The number of ether oxygens (including phenoxy) is 1. The number of ketones is 1. The molecule has 1 aliphatic heterocycles. The molecule has 2 nitrogen and oxygen atoms in total.